The number of carbonyl (C=O) groups is 3. The number of carbonyl (C=O) groups excluding carboxylic acids is 2. The van der Waals surface area contributed by atoms with Crippen molar-refractivity contribution in [2.45, 2.75) is 199 Å². The van der Waals surface area contributed by atoms with Crippen molar-refractivity contribution >= 4 is 17.7 Å². The summed E-state index contributed by atoms with van der Waals surface area (Å²) < 4.78 is 40.7. The van der Waals surface area contributed by atoms with E-state index in [1.807, 2.05) is 59.8 Å². The van der Waals surface area contributed by atoms with E-state index in [9.17, 15) is 29.7 Å². The van der Waals surface area contributed by atoms with E-state index in [2.05, 4.69) is 20.8 Å². The Balaban J connectivity index is 1.25. The first-order valence-corrected chi connectivity index (χ1v) is 23.3. The Bertz CT molecular complexity index is 1720. The number of carboxylic acid groups (broad SMARTS) is 1. The zero-order valence-electron chi connectivity index (χ0n) is 38.2. The molecule has 0 saturated carbocycles. The van der Waals surface area contributed by atoms with Gasteiger partial charge < -0.3 is 43.7 Å². The lowest BCUT2D eigenvalue weighted by Crippen LogP contribution is -2.63. The molecule has 5 aliphatic rings. The van der Waals surface area contributed by atoms with Crippen molar-refractivity contribution in [3.63, 3.8) is 0 Å². The first-order valence-electron chi connectivity index (χ1n) is 23.3. The third-order valence-electron chi connectivity index (χ3n) is 15.7. The molecule has 4 saturated heterocycles. The number of aliphatic carboxylic acids is 1. The van der Waals surface area contributed by atoms with E-state index < -0.39 is 95.0 Å². The predicted octanol–water partition coefficient (Wildman–Crippen LogP) is 8.05. The highest BCUT2D eigenvalue weighted by Gasteiger charge is 2.64. The molecule has 0 aromatic heterocycles. The van der Waals surface area contributed by atoms with Gasteiger partial charge in [-0.1, -0.05) is 73.6 Å². The molecule has 3 N–H and O–H groups in total. The second-order valence-electron chi connectivity index (χ2n) is 19.7. The van der Waals surface area contributed by atoms with E-state index in [4.69, 9.17) is 28.4 Å². The Morgan fingerprint density at radius 3 is 2.18 bits per heavy atom. The number of benzene rings is 1. The highest BCUT2D eigenvalue weighted by molar-refractivity contribution is 5.89. The fraction of sp³-hybridized carbons (Fsp3) is 0.776. The normalized spacial score (nSPS) is 41.5. The molecule has 342 valence electrons. The summed E-state index contributed by atoms with van der Waals surface area (Å²) in [5, 5.41) is 32.9. The van der Waals surface area contributed by atoms with Crippen LogP contribution in [-0.2, 0) is 38.0 Å². The summed E-state index contributed by atoms with van der Waals surface area (Å²) in [6, 6.07) is 8.81. The maximum absolute atomic E-state index is 14.7. The Morgan fingerprint density at radius 1 is 0.869 bits per heavy atom. The number of Topliss-reactive ketones (excluding diaryl/α,β-unsaturated/α-hetero) is 1. The summed E-state index contributed by atoms with van der Waals surface area (Å²) in [6.07, 6.45) is 5.18. The second-order valence-corrected chi connectivity index (χ2v) is 19.7. The molecular weight excluding hydrogens is 781 g/mol. The van der Waals surface area contributed by atoms with Crippen molar-refractivity contribution in [2.75, 3.05) is 0 Å². The minimum absolute atomic E-state index is 0.0356. The standard InChI is InChI=1S/C49H74O12/c1-11-35(44(52)53)37-20-19-28(4)42(57-37)32(8)40(50)31(7)41(51)36(12-2)43-29(5)27-30(6)48(59-43)24-22-39(58-45(54)34-17-15-14-16-18-34)49(61-48)26-25-46(10,60-49)38-21-23-47(55,13-3)33(9)56-38/h14-18,22,24,28-33,35-40,42-43,50,55H,11-13,19-21,23,25-27H2,1-10H3,(H,52,53)/t28-,29-,30+,31-,32-,33-,35+,36-,37+,38+,39+,40+,42+,43-,46-,47+,48+,49+/m0/s1. The maximum atomic E-state index is 14.7. The van der Waals surface area contributed by atoms with E-state index in [-0.39, 0.29) is 29.6 Å². The summed E-state index contributed by atoms with van der Waals surface area (Å²) in [4.78, 5) is 40.3. The van der Waals surface area contributed by atoms with Gasteiger partial charge in [-0.3, -0.25) is 9.59 Å². The Labute approximate surface area is 363 Å². The Kier molecular flexibility index (Phi) is 14.7. The van der Waals surface area contributed by atoms with Crippen LogP contribution in [0.1, 0.15) is 144 Å². The predicted molar refractivity (Wildman–Crippen MR) is 228 cm³/mol. The first kappa shape index (κ1) is 47.8. The number of ketones is 1. The number of carboxylic acids is 1. The molecule has 6 rings (SSSR count). The van der Waals surface area contributed by atoms with E-state index in [1.165, 1.54) is 0 Å². The molecule has 18 atom stereocenters. The van der Waals surface area contributed by atoms with Crippen LogP contribution in [0.3, 0.4) is 0 Å². The average Bonchev–Trinajstić information content (AvgIpc) is 3.58. The molecule has 1 aromatic rings. The minimum Gasteiger partial charge on any atom is -0.481 e. The molecule has 5 aliphatic heterocycles. The van der Waals surface area contributed by atoms with Crippen molar-refractivity contribution in [2.24, 2.45) is 41.4 Å². The monoisotopic (exact) mass is 855 g/mol. The van der Waals surface area contributed by atoms with Crippen LogP contribution in [0.4, 0.5) is 0 Å². The molecule has 12 heteroatoms. The molecule has 1 aromatic carbocycles. The van der Waals surface area contributed by atoms with Crippen LogP contribution in [0.5, 0.6) is 0 Å². The van der Waals surface area contributed by atoms with Crippen molar-refractivity contribution in [3.8, 4) is 0 Å². The number of esters is 1. The van der Waals surface area contributed by atoms with E-state index >= 15 is 0 Å². The third kappa shape index (κ3) is 9.29. The van der Waals surface area contributed by atoms with Gasteiger partial charge >= 0.3 is 11.9 Å². The molecule has 0 bridgehead atoms. The number of aliphatic hydroxyl groups excluding tert-OH is 1. The second kappa shape index (κ2) is 18.8. The lowest BCUT2D eigenvalue weighted by atomic mass is 9.72. The summed E-state index contributed by atoms with van der Waals surface area (Å²) >= 11 is 0. The van der Waals surface area contributed by atoms with Crippen LogP contribution in [0, 0.1) is 41.4 Å². The van der Waals surface area contributed by atoms with E-state index in [0.717, 1.165) is 6.42 Å². The van der Waals surface area contributed by atoms with Crippen LogP contribution in [0.25, 0.3) is 0 Å². The fourth-order valence-corrected chi connectivity index (χ4v) is 11.4. The van der Waals surface area contributed by atoms with Gasteiger partial charge in [0.25, 0.3) is 0 Å². The van der Waals surface area contributed by atoms with Gasteiger partial charge in [0.1, 0.15) is 5.78 Å². The fourth-order valence-electron chi connectivity index (χ4n) is 11.4. The molecule has 5 heterocycles. The van der Waals surface area contributed by atoms with Crippen LogP contribution in [0.2, 0.25) is 0 Å². The van der Waals surface area contributed by atoms with Crippen molar-refractivity contribution in [3.05, 3.63) is 48.0 Å². The van der Waals surface area contributed by atoms with Crippen LogP contribution in [-0.4, -0.2) is 98.5 Å². The van der Waals surface area contributed by atoms with Crippen molar-refractivity contribution in [1.82, 2.24) is 0 Å². The van der Waals surface area contributed by atoms with Crippen LogP contribution < -0.4 is 0 Å². The summed E-state index contributed by atoms with van der Waals surface area (Å²) in [5.41, 5.74) is -1.37. The van der Waals surface area contributed by atoms with E-state index in [0.29, 0.717) is 63.4 Å². The number of hydrogen-bond acceptors (Lipinski definition) is 11. The van der Waals surface area contributed by atoms with Gasteiger partial charge in [-0.25, -0.2) is 4.79 Å². The summed E-state index contributed by atoms with van der Waals surface area (Å²) in [7, 11) is 0. The quantitative estimate of drug-likeness (QED) is 0.122. The van der Waals surface area contributed by atoms with Gasteiger partial charge in [-0.15, -0.1) is 0 Å². The number of aliphatic hydroxyl groups is 2. The van der Waals surface area contributed by atoms with Gasteiger partial charge in [-0.05, 0) is 108 Å². The van der Waals surface area contributed by atoms with Gasteiger partial charge in [0.2, 0.25) is 5.79 Å². The average molecular weight is 855 g/mol. The van der Waals surface area contributed by atoms with Crippen LogP contribution in [0.15, 0.2) is 42.5 Å². The molecule has 61 heavy (non-hydrogen) atoms. The van der Waals surface area contributed by atoms with Crippen LogP contribution >= 0.6 is 0 Å². The van der Waals surface area contributed by atoms with Crippen molar-refractivity contribution in [1.29, 1.82) is 0 Å². The zero-order valence-corrected chi connectivity index (χ0v) is 38.2. The summed E-state index contributed by atoms with van der Waals surface area (Å²) in [5.74, 6) is -6.77. The molecule has 0 aliphatic carbocycles. The van der Waals surface area contributed by atoms with Gasteiger partial charge in [0.05, 0.1) is 59.3 Å². The Morgan fingerprint density at radius 2 is 1.56 bits per heavy atom. The minimum atomic E-state index is -1.45. The zero-order chi connectivity index (χ0) is 44.7. The SMILES string of the molecule is CC[C@@H](C(=O)[C@@H](C)[C@@H](O)[C@H](C)[C@@H]1O[C@@H]([C@@H](CC)C(=O)O)CC[C@@H]1C)[C@H]1O[C@@]2(C=C[C@@H](OC(=O)c3ccccc3)[C@@]3(CC[C@@](C)([C@H]4CC[C@](O)(CC)[C@H](C)O4)O3)O2)[C@H](C)C[C@@H]1C. The third-order valence-corrected chi connectivity index (χ3v) is 15.7. The number of ether oxygens (including phenoxy) is 6. The molecule has 0 radical (unpaired) electrons. The number of rotatable bonds is 14. The largest absolute Gasteiger partial charge is 0.481 e. The molecule has 2 spiro atoms. The highest BCUT2D eigenvalue weighted by Crippen LogP contribution is 2.55. The maximum Gasteiger partial charge on any atom is 0.338 e. The summed E-state index contributed by atoms with van der Waals surface area (Å²) in [6.45, 7) is 19.6. The topological polar surface area (TPSA) is 167 Å². The lowest BCUT2D eigenvalue weighted by molar-refractivity contribution is -0.408. The molecule has 12 nitrogen and oxygen atoms in total. The van der Waals surface area contributed by atoms with Crippen molar-refractivity contribution < 1.29 is 58.1 Å². The molecule has 0 amide bonds. The van der Waals surface area contributed by atoms with E-state index in [1.54, 1.807) is 31.2 Å². The molecular formula is C49H74O12. The molecule has 4 fully saturated rings. The highest BCUT2D eigenvalue weighted by atomic mass is 16.8. The first-order chi connectivity index (χ1) is 28.8. The smallest absolute Gasteiger partial charge is 0.338 e. The van der Waals surface area contributed by atoms with Gasteiger partial charge in [0.15, 0.2) is 11.9 Å². The van der Waals surface area contributed by atoms with Gasteiger partial charge in [-0.2, -0.15) is 0 Å². The molecule has 0 unspecified atom stereocenters. The number of hydrogen-bond donors (Lipinski definition) is 3. The lowest BCUT2D eigenvalue weighted by Gasteiger charge is -2.54. The Hall–Kier alpha value is -2.71. The van der Waals surface area contributed by atoms with Gasteiger partial charge in [0, 0.05) is 30.1 Å².